The molecule has 2 heterocycles. The van der Waals surface area contributed by atoms with Crippen LogP contribution in [0.3, 0.4) is 0 Å². The minimum absolute atomic E-state index is 0.00406. The SMILES string of the molecule is COC(=O)[C@@H](Cc1c[nH]c2ccccc12)NC(=O)c1cn(CC(=O)N(C)C)nn1. The number of hydrogen-bond acceptors (Lipinski definition) is 6. The van der Waals surface area contributed by atoms with Crippen LogP contribution in [-0.4, -0.2) is 69.9 Å². The molecule has 3 rings (SSSR count). The van der Waals surface area contributed by atoms with Gasteiger partial charge in [-0.25, -0.2) is 9.48 Å². The second-order valence-electron chi connectivity index (χ2n) is 6.70. The van der Waals surface area contributed by atoms with Crippen molar-refractivity contribution >= 4 is 28.7 Å². The number of rotatable bonds is 7. The summed E-state index contributed by atoms with van der Waals surface area (Å²) < 4.78 is 6.11. The first-order chi connectivity index (χ1) is 13.9. The lowest BCUT2D eigenvalue weighted by molar-refractivity contribution is -0.142. The Morgan fingerprint density at radius 2 is 2.03 bits per heavy atom. The highest BCUT2D eigenvalue weighted by Crippen LogP contribution is 2.19. The molecule has 29 heavy (non-hydrogen) atoms. The summed E-state index contributed by atoms with van der Waals surface area (Å²) in [5.41, 5.74) is 1.81. The average molecular weight is 398 g/mol. The number of para-hydroxylation sites is 1. The van der Waals surface area contributed by atoms with E-state index in [0.717, 1.165) is 16.5 Å². The number of nitrogens with one attached hydrogen (secondary N) is 2. The molecule has 2 N–H and O–H groups in total. The lowest BCUT2D eigenvalue weighted by atomic mass is 10.0. The molecule has 0 spiro atoms. The number of ether oxygens (including phenoxy) is 1. The van der Waals surface area contributed by atoms with Crippen LogP contribution in [0, 0.1) is 0 Å². The summed E-state index contributed by atoms with van der Waals surface area (Å²) >= 11 is 0. The standard InChI is InChI=1S/C19H22N6O4/c1-24(2)17(26)11-25-10-16(22-23-25)18(27)21-15(19(28)29-3)8-12-9-20-14-7-5-4-6-13(12)14/h4-7,9-10,15,20H,8,11H2,1-3H3,(H,21,27)/t15-/m1/s1. The predicted octanol–water partition coefficient (Wildman–Crippen LogP) is 0.362. The molecule has 0 fully saturated rings. The van der Waals surface area contributed by atoms with E-state index in [2.05, 4.69) is 20.6 Å². The molecule has 3 aromatic rings. The molecule has 1 aromatic carbocycles. The maximum Gasteiger partial charge on any atom is 0.328 e. The molecule has 2 amide bonds. The van der Waals surface area contributed by atoms with E-state index >= 15 is 0 Å². The Bertz CT molecular complexity index is 1040. The summed E-state index contributed by atoms with van der Waals surface area (Å²) in [6.45, 7) is -0.0386. The Hall–Kier alpha value is -3.69. The summed E-state index contributed by atoms with van der Waals surface area (Å²) in [6, 6.07) is 6.77. The van der Waals surface area contributed by atoms with Gasteiger partial charge in [-0.15, -0.1) is 5.10 Å². The van der Waals surface area contributed by atoms with Gasteiger partial charge in [0, 0.05) is 37.6 Å². The summed E-state index contributed by atoms with van der Waals surface area (Å²) in [6.07, 6.45) is 3.41. The van der Waals surface area contributed by atoms with Crippen molar-refractivity contribution in [2.45, 2.75) is 19.0 Å². The zero-order chi connectivity index (χ0) is 21.0. The first kappa shape index (κ1) is 20.1. The van der Waals surface area contributed by atoms with E-state index in [9.17, 15) is 14.4 Å². The third kappa shape index (κ3) is 4.60. The van der Waals surface area contributed by atoms with E-state index in [1.165, 1.54) is 22.9 Å². The zero-order valence-corrected chi connectivity index (χ0v) is 16.4. The number of benzene rings is 1. The smallest absolute Gasteiger partial charge is 0.328 e. The first-order valence-corrected chi connectivity index (χ1v) is 8.93. The Kier molecular flexibility index (Phi) is 5.91. The van der Waals surface area contributed by atoms with Crippen molar-refractivity contribution in [3.05, 3.63) is 47.9 Å². The second kappa shape index (κ2) is 8.55. The predicted molar refractivity (Wildman–Crippen MR) is 104 cm³/mol. The Balaban J connectivity index is 1.73. The van der Waals surface area contributed by atoms with Crippen molar-refractivity contribution in [3.8, 4) is 0 Å². The fourth-order valence-corrected chi connectivity index (χ4v) is 2.85. The van der Waals surface area contributed by atoms with Gasteiger partial charge in [0.05, 0.1) is 13.3 Å². The number of fused-ring (bicyclic) bond motifs is 1. The number of nitrogens with zero attached hydrogens (tertiary/aromatic N) is 4. The lowest BCUT2D eigenvalue weighted by Crippen LogP contribution is -2.43. The molecular weight excluding hydrogens is 376 g/mol. The average Bonchev–Trinajstić information content (AvgIpc) is 3.34. The fourth-order valence-electron chi connectivity index (χ4n) is 2.85. The summed E-state index contributed by atoms with van der Waals surface area (Å²) in [5, 5.41) is 11.2. The highest BCUT2D eigenvalue weighted by Gasteiger charge is 2.25. The number of carbonyl (C=O) groups excluding carboxylic acids is 3. The van der Waals surface area contributed by atoms with Crippen LogP contribution in [0.1, 0.15) is 16.1 Å². The number of hydrogen-bond donors (Lipinski definition) is 2. The van der Waals surface area contributed by atoms with Gasteiger partial charge in [0.15, 0.2) is 5.69 Å². The van der Waals surface area contributed by atoms with Gasteiger partial charge >= 0.3 is 5.97 Å². The normalized spacial score (nSPS) is 11.8. The van der Waals surface area contributed by atoms with Crippen LogP contribution in [0.5, 0.6) is 0 Å². The number of carbonyl (C=O) groups is 3. The molecule has 0 aliphatic heterocycles. The van der Waals surface area contributed by atoms with Crippen LogP contribution in [0.4, 0.5) is 0 Å². The molecule has 0 aliphatic carbocycles. The molecule has 0 unspecified atom stereocenters. The number of aromatic amines is 1. The van der Waals surface area contributed by atoms with Gasteiger partial charge in [-0.3, -0.25) is 9.59 Å². The van der Waals surface area contributed by atoms with Crippen LogP contribution in [0.2, 0.25) is 0 Å². The second-order valence-corrected chi connectivity index (χ2v) is 6.70. The van der Waals surface area contributed by atoms with Crippen molar-refractivity contribution in [3.63, 3.8) is 0 Å². The van der Waals surface area contributed by atoms with E-state index in [0.29, 0.717) is 0 Å². The topological polar surface area (TPSA) is 122 Å². The summed E-state index contributed by atoms with van der Waals surface area (Å²) in [4.78, 5) is 41.1. The minimum atomic E-state index is -0.903. The first-order valence-electron chi connectivity index (χ1n) is 8.93. The van der Waals surface area contributed by atoms with Gasteiger partial charge in [-0.05, 0) is 11.6 Å². The number of H-pyrrole nitrogens is 1. The van der Waals surface area contributed by atoms with Gasteiger partial charge in [0.25, 0.3) is 5.91 Å². The van der Waals surface area contributed by atoms with Crippen molar-refractivity contribution < 1.29 is 19.1 Å². The Morgan fingerprint density at radius 1 is 1.28 bits per heavy atom. The largest absolute Gasteiger partial charge is 0.467 e. The van der Waals surface area contributed by atoms with Crippen LogP contribution < -0.4 is 5.32 Å². The lowest BCUT2D eigenvalue weighted by Gasteiger charge is -2.15. The van der Waals surface area contributed by atoms with E-state index in [1.54, 1.807) is 20.3 Å². The van der Waals surface area contributed by atoms with Crippen LogP contribution in [-0.2, 0) is 27.3 Å². The Morgan fingerprint density at radius 3 is 2.76 bits per heavy atom. The zero-order valence-electron chi connectivity index (χ0n) is 16.4. The van der Waals surface area contributed by atoms with E-state index in [4.69, 9.17) is 4.74 Å². The van der Waals surface area contributed by atoms with E-state index in [1.807, 2.05) is 24.3 Å². The third-order valence-electron chi connectivity index (χ3n) is 4.46. The molecule has 0 saturated heterocycles. The molecule has 0 bridgehead atoms. The molecule has 10 heteroatoms. The Labute approximate surface area is 166 Å². The minimum Gasteiger partial charge on any atom is -0.467 e. The van der Waals surface area contributed by atoms with Crippen molar-refractivity contribution in [1.82, 2.24) is 30.2 Å². The van der Waals surface area contributed by atoms with Gasteiger partial charge in [-0.2, -0.15) is 0 Å². The van der Waals surface area contributed by atoms with Gasteiger partial charge in [-0.1, -0.05) is 23.4 Å². The molecule has 1 atom stereocenters. The molecule has 152 valence electrons. The maximum atomic E-state index is 12.6. The monoisotopic (exact) mass is 398 g/mol. The molecule has 0 saturated carbocycles. The summed E-state index contributed by atoms with van der Waals surface area (Å²) in [5.74, 6) is -1.34. The maximum absolute atomic E-state index is 12.6. The molecule has 10 nitrogen and oxygen atoms in total. The number of aromatic nitrogens is 4. The number of esters is 1. The summed E-state index contributed by atoms with van der Waals surface area (Å²) in [7, 11) is 4.51. The molecular formula is C19H22N6O4. The number of likely N-dealkylation sites (N-methyl/N-ethyl adjacent to an activating group) is 1. The highest BCUT2D eigenvalue weighted by molar-refractivity contribution is 5.95. The molecule has 0 aliphatic rings. The van der Waals surface area contributed by atoms with Crippen LogP contribution in [0.15, 0.2) is 36.7 Å². The van der Waals surface area contributed by atoms with Crippen molar-refractivity contribution in [1.29, 1.82) is 0 Å². The number of methoxy groups -OCH3 is 1. The van der Waals surface area contributed by atoms with E-state index in [-0.39, 0.29) is 24.6 Å². The number of amides is 2. The van der Waals surface area contributed by atoms with Crippen molar-refractivity contribution in [2.75, 3.05) is 21.2 Å². The highest BCUT2D eigenvalue weighted by atomic mass is 16.5. The van der Waals surface area contributed by atoms with Gasteiger partial charge in [0.1, 0.15) is 12.6 Å². The fraction of sp³-hybridized carbons (Fsp3) is 0.316. The molecule has 2 aromatic heterocycles. The van der Waals surface area contributed by atoms with Gasteiger partial charge in [0.2, 0.25) is 5.91 Å². The van der Waals surface area contributed by atoms with Gasteiger partial charge < -0.3 is 19.9 Å². The third-order valence-corrected chi connectivity index (χ3v) is 4.46. The molecule has 0 radical (unpaired) electrons. The quantitative estimate of drug-likeness (QED) is 0.554. The van der Waals surface area contributed by atoms with E-state index < -0.39 is 17.9 Å². The van der Waals surface area contributed by atoms with Crippen molar-refractivity contribution in [2.24, 2.45) is 0 Å². The van der Waals surface area contributed by atoms with Crippen LogP contribution >= 0.6 is 0 Å². The van der Waals surface area contributed by atoms with Crippen LogP contribution in [0.25, 0.3) is 10.9 Å².